The lowest BCUT2D eigenvalue weighted by atomic mass is 10.0. The minimum atomic E-state index is -4.70. The maximum absolute atomic E-state index is 12.9. The first-order chi connectivity index (χ1) is 16.4. The molecule has 2 saturated heterocycles. The molecule has 3 atom stereocenters. The molecule has 1 amide bonds. The predicted octanol–water partition coefficient (Wildman–Crippen LogP) is 4.01. The van der Waals surface area contributed by atoms with E-state index in [1.165, 1.54) is 24.3 Å². The van der Waals surface area contributed by atoms with Gasteiger partial charge in [-0.2, -0.15) is 0 Å². The Morgan fingerprint density at radius 3 is 2.09 bits per heavy atom. The summed E-state index contributed by atoms with van der Waals surface area (Å²) in [5, 5.41) is 5.33. The standard InChI is InChI=1S/C24H27F3N4O3S/c1-16(2-3-17-4-8-21(9-5-17)34-24(25,26)27)30-12-19-14-31(15-20(19)13-30)23(32)18-6-10-22(11-7-18)35(28,29)33/h4-11,19-20H,1-3,12-15H2,(H3,28,29,33)/t19-,20-/m1/s1. The number of nitrogens with one attached hydrogen (secondary N) is 1. The number of nitrogens with zero attached hydrogens (tertiary/aromatic N) is 2. The van der Waals surface area contributed by atoms with E-state index in [9.17, 15) is 22.2 Å². The second kappa shape index (κ2) is 9.54. The largest absolute Gasteiger partial charge is 0.573 e. The van der Waals surface area contributed by atoms with Crippen LogP contribution in [-0.2, 0) is 16.3 Å². The maximum atomic E-state index is 12.9. The van der Waals surface area contributed by atoms with Gasteiger partial charge in [-0.25, -0.2) is 14.1 Å². The molecule has 2 aliphatic rings. The van der Waals surface area contributed by atoms with Crippen LogP contribution < -0.4 is 9.88 Å². The first kappa shape index (κ1) is 25.1. The van der Waals surface area contributed by atoms with E-state index in [1.807, 2.05) is 4.90 Å². The number of carbonyl (C=O) groups excluding carboxylic acids is 1. The molecule has 2 fully saturated rings. The SMILES string of the molecule is C=C(CCc1ccc(OC(F)(F)F)cc1)N1C[C@@H]2CN(C(=O)c3ccc(S(=N)(N)=O)cc3)C[C@H]2C1. The summed E-state index contributed by atoms with van der Waals surface area (Å²) < 4.78 is 59.8. The van der Waals surface area contributed by atoms with E-state index in [0.29, 0.717) is 43.3 Å². The molecule has 1 unspecified atom stereocenters. The number of ether oxygens (including phenoxy) is 1. The average molecular weight is 509 g/mol. The van der Waals surface area contributed by atoms with Crippen LogP contribution in [0.25, 0.3) is 0 Å². The van der Waals surface area contributed by atoms with Gasteiger partial charge in [0.2, 0.25) is 0 Å². The minimum Gasteiger partial charge on any atom is -0.406 e. The monoisotopic (exact) mass is 508 g/mol. The van der Waals surface area contributed by atoms with Crippen molar-refractivity contribution in [1.82, 2.24) is 9.80 Å². The molecular formula is C24H27F3N4O3S. The number of halogens is 3. The van der Waals surface area contributed by atoms with Gasteiger partial charge in [0.05, 0.1) is 4.90 Å². The molecule has 0 bridgehead atoms. The van der Waals surface area contributed by atoms with Crippen LogP contribution >= 0.6 is 0 Å². The van der Waals surface area contributed by atoms with Crippen molar-refractivity contribution in [2.75, 3.05) is 26.2 Å². The van der Waals surface area contributed by atoms with Gasteiger partial charge in [0.15, 0.2) is 0 Å². The number of rotatable bonds is 7. The number of nitrogens with two attached hydrogens (primary N) is 1. The molecule has 0 saturated carbocycles. The molecule has 2 aromatic carbocycles. The predicted molar refractivity (Wildman–Crippen MR) is 125 cm³/mol. The van der Waals surface area contributed by atoms with Crippen molar-refractivity contribution in [1.29, 1.82) is 4.78 Å². The van der Waals surface area contributed by atoms with Crippen LogP contribution in [0.2, 0.25) is 0 Å². The van der Waals surface area contributed by atoms with Crippen molar-refractivity contribution in [3.8, 4) is 5.75 Å². The Kier molecular flexibility index (Phi) is 6.83. The van der Waals surface area contributed by atoms with Gasteiger partial charge in [-0.1, -0.05) is 18.7 Å². The number of amides is 1. The van der Waals surface area contributed by atoms with Crippen molar-refractivity contribution in [2.45, 2.75) is 24.1 Å². The zero-order valence-electron chi connectivity index (χ0n) is 19.0. The first-order valence-corrected chi connectivity index (χ1v) is 12.7. The molecule has 3 N–H and O–H groups in total. The zero-order valence-corrected chi connectivity index (χ0v) is 19.8. The highest BCUT2D eigenvalue weighted by molar-refractivity contribution is 7.90. The third-order valence-corrected chi connectivity index (χ3v) is 7.50. The van der Waals surface area contributed by atoms with Gasteiger partial charge >= 0.3 is 6.36 Å². The number of aryl methyl sites for hydroxylation is 1. The smallest absolute Gasteiger partial charge is 0.406 e. The summed E-state index contributed by atoms with van der Waals surface area (Å²) in [6.07, 6.45) is -3.36. The number of allylic oxidation sites excluding steroid dienone is 1. The van der Waals surface area contributed by atoms with Gasteiger partial charge < -0.3 is 14.5 Å². The Morgan fingerprint density at radius 2 is 1.57 bits per heavy atom. The second-order valence-corrected chi connectivity index (χ2v) is 10.7. The highest BCUT2D eigenvalue weighted by Crippen LogP contribution is 2.34. The number of likely N-dealkylation sites (tertiary alicyclic amines) is 2. The van der Waals surface area contributed by atoms with Crippen molar-refractivity contribution in [3.63, 3.8) is 0 Å². The summed E-state index contributed by atoms with van der Waals surface area (Å²) in [7, 11) is -3.31. The number of alkyl halides is 3. The summed E-state index contributed by atoms with van der Waals surface area (Å²) in [4.78, 5) is 17.1. The van der Waals surface area contributed by atoms with Crippen molar-refractivity contribution < 1.29 is 26.9 Å². The van der Waals surface area contributed by atoms with Crippen LogP contribution in [-0.4, -0.2) is 52.5 Å². The fraction of sp³-hybridized carbons (Fsp3) is 0.375. The van der Waals surface area contributed by atoms with Gasteiger partial charge in [-0.3, -0.25) is 4.79 Å². The number of hydrogen-bond donors (Lipinski definition) is 2. The van der Waals surface area contributed by atoms with Crippen molar-refractivity contribution in [3.05, 3.63) is 71.9 Å². The van der Waals surface area contributed by atoms with Crippen LogP contribution in [0.3, 0.4) is 0 Å². The molecule has 11 heteroatoms. The molecule has 2 aliphatic heterocycles. The molecule has 35 heavy (non-hydrogen) atoms. The van der Waals surface area contributed by atoms with Crippen LogP contribution in [0, 0.1) is 16.6 Å². The summed E-state index contributed by atoms with van der Waals surface area (Å²) in [5.41, 5.74) is 2.35. The Bertz CT molecular complexity index is 1180. The number of hydrogen-bond acceptors (Lipinski definition) is 5. The van der Waals surface area contributed by atoms with Crippen LogP contribution in [0.4, 0.5) is 13.2 Å². The summed E-state index contributed by atoms with van der Waals surface area (Å²) >= 11 is 0. The molecule has 7 nitrogen and oxygen atoms in total. The van der Waals surface area contributed by atoms with Crippen LogP contribution in [0.15, 0.2) is 65.7 Å². The lowest BCUT2D eigenvalue weighted by Crippen LogP contribution is -2.33. The lowest BCUT2D eigenvalue weighted by molar-refractivity contribution is -0.274. The van der Waals surface area contributed by atoms with Gasteiger partial charge in [-0.05, 0) is 54.8 Å². The molecule has 0 aromatic heterocycles. The highest BCUT2D eigenvalue weighted by Gasteiger charge is 2.42. The van der Waals surface area contributed by atoms with E-state index in [2.05, 4.69) is 16.2 Å². The van der Waals surface area contributed by atoms with Crippen molar-refractivity contribution >= 4 is 15.8 Å². The molecular weight excluding hydrogens is 481 g/mol. The third kappa shape index (κ3) is 6.15. The summed E-state index contributed by atoms with van der Waals surface area (Å²) in [6, 6.07) is 11.9. The third-order valence-electron chi connectivity index (χ3n) is 6.53. The first-order valence-electron chi connectivity index (χ1n) is 11.1. The Hall–Kier alpha value is -3.05. The number of fused-ring (bicyclic) bond motifs is 1. The quantitative estimate of drug-likeness (QED) is 0.590. The van der Waals surface area contributed by atoms with E-state index in [-0.39, 0.29) is 16.6 Å². The second-order valence-electron chi connectivity index (χ2n) is 9.02. The summed E-state index contributed by atoms with van der Waals surface area (Å²) in [6.45, 7) is 7.09. The number of benzene rings is 2. The van der Waals surface area contributed by atoms with Gasteiger partial charge in [0, 0.05) is 49.3 Å². The van der Waals surface area contributed by atoms with E-state index in [4.69, 9.17) is 9.92 Å². The lowest BCUT2D eigenvalue weighted by Gasteiger charge is -2.25. The molecule has 0 spiro atoms. The minimum absolute atomic E-state index is 0.0947. The van der Waals surface area contributed by atoms with Gasteiger partial charge in [0.1, 0.15) is 15.7 Å². The van der Waals surface area contributed by atoms with Crippen LogP contribution in [0.5, 0.6) is 5.75 Å². The number of carbonyl (C=O) groups is 1. The van der Waals surface area contributed by atoms with E-state index >= 15 is 0 Å². The maximum Gasteiger partial charge on any atom is 0.573 e. The Balaban J connectivity index is 1.26. The topological polar surface area (TPSA) is 99.7 Å². The highest BCUT2D eigenvalue weighted by atomic mass is 32.2. The summed E-state index contributed by atoms with van der Waals surface area (Å²) in [5.74, 6) is 0.343. The van der Waals surface area contributed by atoms with Gasteiger partial charge in [-0.15, -0.1) is 13.2 Å². The normalized spacial score (nSPS) is 21.5. The van der Waals surface area contributed by atoms with E-state index < -0.39 is 16.3 Å². The van der Waals surface area contributed by atoms with Gasteiger partial charge in [0.25, 0.3) is 5.91 Å². The Labute approximate surface area is 202 Å². The van der Waals surface area contributed by atoms with Crippen LogP contribution in [0.1, 0.15) is 22.3 Å². The fourth-order valence-corrected chi connectivity index (χ4v) is 5.24. The molecule has 0 aliphatic carbocycles. The average Bonchev–Trinajstić information content (AvgIpc) is 3.36. The molecule has 2 heterocycles. The molecule has 188 valence electrons. The van der Waals surface area contributed by atoms with E-state index in [1.54, 1.807) is 24.3 Å². The zero-order chi connectivity index (χ0) is 25.4. The fourth-order valence-electron chi connectivity index (χ4n) is 4.70. The van der Waals surface area contributed by atoms with E-state index in [0.717, 1.165) is 24.4 Å². The molecule has 2 aromatic rings. The molecule has 4 rings (SSSR count). The van der Waals surface area contributed by atoms with Crippen molar-refractivity contribution in [2.24, 2.45) is 17.0 Å². The molecule has 0 radical (unpaired) electrons. The Morgan fingerprint density at radius 1 is 1.03 bits per heavy atom.